The maximum Gasteiger partial charge on any atom is 0.103 e. The molecule has 1 rings (SSSR count). The summed E-state index contributed by atoms with van der Waals surface area (Å²) in [5.41, 5.74) is 0. The molecular weight excluding hydrogens is 153 g/mol. The van der Waals surface area contributed by atoms with Crippen molar-refractivity contribution < 1.29 is 4.39 Å². The topological polar surface area (TPSA) is 12.0 Å². The van der Waals surface area contributed by atoms with Gasteiger partial charge in [0.05, 0.1) is 0 Å². The molecule has 0 bridgehead atoms. The minimum atomic E-state index is -0.504. The molecule has 0 saturated heterocycles. The van der Waals surface area contributed by atoms with E-state index >= 15 is 0 Å². The molecule has 0 radical (unpaired) electrons. The Kier molecular flexibility index (Phi) is 4.59. The third kappa shape index (κ3) is 3.10. The second kappa shape index (κ2) is 5.52. The maximum atomic E-state index is 13.3. The van der Waals surface area contributed by atoms with Crippen molar-refractivity contribution >= 4 is 0 Å². The lowest BCUT2D eigenvalue weighted by Gasteiger charge is -2.25. The first-order valence-corrected chi connectivity index (χ1v) is 5.13. The van der Waals surface area contributed by atoms with E-state index in [-0.39, 0.29) is 0 Å². The van der Waals surface area contributed by atoms with Crippen molar-refractivity contribution in [2.75, 3.05) is 13.6 Å². The number of rotatable bonds is 4. The summed E-state index contributed by atoms with van der Waals surface area (Å²) in [6.07, 6.45) is 5.96. The van der Waals surface area contributed by atoms with E-state index in [4.69, 9.17) is 0 Å². The van der Waals surface area contributed by atoms with Gasteiger partial charge in [-0.05, 0) is 45.2 Å². The highest BCUT2D eigenvalue weighted by molar-refractivity contribution is 4.74. The molecule has 72 valence electrons. The summed E-state index contributed by atoms with van der Waals surface area (Å²) in [5, 5.41) is 3.10. The molecule has 0 amide bonds. The van der Waals surface area contributed by atoms with Crippen molar-refractivity contribution in [3.8, 4) is 0 Å². The van der Waals surface area contributed by atoms with Crippen molar-refractivity contribution in [1.82, 2.24) is 5.32 Å². The first-order chi connectivity index (χ1) is 5.84. The van der Waals surface area contributed by atoms with Gasteiger partial charge in [-0.15, -0.1) is 0 Å². The molecule has 1 aliphatic rings. The Hall–Kier alpha value is -0.110. The fraction of sp³-hybridized carbons (Fsp3) is 1.00. The zero-order valence-corrected chi connectivity index (χ0v) is 7.98. The van der Waals surface area contributed by atoms with Gasteiger partial charge in [0.2, 0.25) is 0 Å². The van der Waals surface area contributed by atoms with Gasteiger partial charge < -0.3 is 5.32 Å². The Labute approximate surface area is 74.7 Å². The summed E-state index contributed by atoms with van der Waals surface area (Å²) < 4.78 is 13.3. The first-order valence-electron chi connectivity index (χ1n) is 5.13. The van der Waals surface area contributed by atoms with E-state index in [2.05, 4.69) is 5.32 Å². The van der Waals surface area contributed by atoms with Gasteiger partial charge in [-0.1, -0.05) is 12.8 Å². The molecule has 2 heteroatoms. The molecule has 0 aliphatic heterocycles. The molecule has 1 aliphatic carbocycles. The summed E-state index contributed by atoms with van der Waals surface area (Å²) in [6, 6.07) is 0. The summed E-state index contributed by atoms with van der Waals surface area (Å²) in [4.78, 5) is 0. The minimum absolute atomic E-state index is 0.368. The van der Waals surface area contributed by atoms with Gasteiger partial charge in [-0.25, -0.2) is 4.39 Å². The van der Waals surface area contributed by atoms with Crippen LogP contribution >= 0.6 is 0 Å². The van der Waals surface area contributed by atoms with Gasteiger partial charge in [-0.2, -0.15) is 0 Å². The van der Waals surface area contributed by atoms with Crippen LogP contribution in [-0.2, 0) is 0 Å². The Morgan fingerprint density at radius 2 is 2.08 bits per heavy atom. The molecule has 2 atom stereocenters. The van der Waals surface area contributed by atoms with Crippen LogP contribution in [0.15, 0.2) is 0 Å². The van der Waals surface area contributed by atoms with Crippen molar-refractivity contribution in [3.63, 3.8) is 0 Å². The van der Waals surface area contributed by atoms with E-state index < -0.39 is 6.17 Å². The number of hydrogen-bond donors (Lipinski definition) is 1. The fourth-order valence-electron chi connectivity index (χ4n) is 2.03. The van der Waals surface area contributed by atoms with Gasteiger partial charge >= 0.3 is 0 Å². The predicted molar refractivity (Wildman–Crippen MR) is 50.0 cm³/mol. The average Bonchev–Trinajstić information content (AvgIpc) is 2.09. The number of nitrogens with one attached hydrogen (secondary N) is 1. The third-order valence-electron chi connectivity index (χ3n) is 2.82. The van der Waals surface area contributed by atoms with Gasteiger partial charge in [0, 0.05) is 0 Å². The second-order valence-electron chi connectivity index (χ2n) is 3.81. The smallest absolute Gasteiger partial charge is 0.103 e. The first kappa shape index (κ1) is 9.97. The molecule has 1 saturated carbocycles. The summed E-state index contributed by atoms with van der Waals surface area (Å²) in [5.74, 6) is 0.368. The predicted octanol–water partition coefficient (Wildman–Crippen LogP) is 2.51. The zero-order valence-electron chi connectivity index (χ0n) is 7.98. The molecule has 12 heavy (non-hydrogen) atoms. The molecule has 0 aromatic carbocycles. The molecular formula is C10H20FN. The van der Waals surface area contributed by atoms with Crippen LogP contribution in [-0.4, -0.2) is 19.8 Å². The quantitative estimate of drug-likeness (QED) is 0.644. The van der Waals surface area contributed by atoms with E-state index in [1.807, 2.05) is 7.05 Å². The van der Waals surface area contributed by atoms with E-state index in [1.54, 1.807) is 0 Å². The second-order valence-corrected chi connectivity index (χ2v) is 3.81. The highest BCUT2D eigenvalue weighted by Crippen LogP contribution is 2.29. The minimum Gasteiger partial charge on any atom is -0.320 e. The number of alkyl halides is 1. The van der Waals surface area contributed by atoms with Gasteiger partial charge in [0.15, 0.2) is 0 Å². The average molecular weight is 173 g/mol. The molecule has 1 fully saturated rings. The number of halogens is 1. The van der Waals surface area contributed by atoms with Crippen molar-refractivity contribution in [2.45, 2.75) is 44.7 Å². The summed E-state index contributed by atoms with van der Waals surface area (Å²) in [6.45, 7) is 1.03. The van der Waals surface area contributed by atoms with Crippen LogP contribution in [0.1, 0.15) is 38.5 Å². The van der Waals surface area contributed by atoms with Crippen LogP contribution in [0.4, 0.5) is 4.39 Å². The Morgan fingerprint density at radius 1 is 1.33 bits per heavy atom. The van der Waals surface area contributed by atoms with Crippen molar-refractivity contribution in [3.05, 3.63) is 0 Å². The third-order valence-corrected chi connectivity index (χ3v) is 2.82. The Balaban J connectivity index is 2.11. The lowest BCUT2D eigenvalue weighted by molar-refractivity contribution is 0.155. The largest absolute Gasteiger partial charge is 0.320 e. The number of hydrogen-bond acceptors (Lipinski definition) is 1. The molecule has 1 N–H and O–H groups in total. The Morgan fingerprint density at radius 3 is 2.75 bits per heavy atom. The van der Waals surface area contributed by atoms with Crippen molar-refractivity contribution in [2.24, 2.45) is 5.92 Å². The highest BCUT2D eigenvalue weighted by Gasteiger charge is 2.23. The van der Waals surface area contributed by atoms with Gasteiger partial charge in [0.1, 0.15) is 6.17 Å². The van der Waals surface area contributed by atoms with Crippen LogP contribution in [0.25, 0.3) is 0 Å². The van der Waals surface area contributed by atoms with Gasteiger partial charge in [0.25, 0.3) is 0 Å². The SMILES string of the molecule is CNCCCC1CCCCC1F. The van der Waals surface area contributed by atoms with Crippen LogP contribution in [0.5, 0.6) is 0 Å². The van der Waals surface area contributed by atoms with E-state index in [1.165, 1.54) is 6.42 Å². The summed E-state index contributed by atoms with van der Waals surface area (Å²) >= 11 is 0. The Bertz CT molecular complexity index is 116. The fourth-order valence-corrected chi connectivity index (χ4v) is 2.03. The molecule has 0 aromatic heterocycles. The van der Waals surface area contributed by atoms with Crippen molar-refractivity contribution in [1.29, 1.82) is 0 Å². The molecule has 0 spiro atoms. The van der Waals surface area contributed by atoms with Crippen LogP contribution in [0.3, 0.4) is 0 Å². The molecule has 0 heterocycles. The zero-order chi connectivity index (χ0) is 8.81. The normalized spacial score (nSPS) is 30.5. The molecule has 0 aromatic rings. The highest BCUT2D eigenvalue weighted by atomic mass is 19.1. The lowest BCUT2D eigenvalue weighted by Crippen LogP contribution is -2.21. The lowest BCUT2D eigenvalue weighted by atomic mass is 9.84. The van der Waals surface area contributed by atoms with E-state index in [0.717, 1.165) is 38.6 Å². The van der Waals surface area contributed by atoms with E-state index in [9.17, 15) is 4.39 Å². The van der Waals surface area contributed by atoms with Crippen LogP contribution in [0.2, 0.25) is 0 Å². The van der Waals surface area contributed by atoms with E-state index in [0.29, 0.717) is 5.92 Å². The van der Waals surface area contributed by atoms with Gasteiger partial charge in [-0.3, -0.25) is 0 Å². The maximum absolute atomic E-state index is 13.3. The monoisotopic (exact) mass is 173 g/mol. The molecule has 1 nitrogen and oxygen atoms in total. The summed E-state index contributed by atoms with van der Waals surface area (Å²) in [7, 11) is 1.95. The molecule has 2 unspecified atom stereocenters. The van der Waals surface area contributed by atoms with Crippen LogP contribution in [0, 0.1) is 5.92 Å². The van der Waals surface area contributed by atoms with Crippen LogP contribution < -0.4 is 5.32 Å². The standard InChI is InChI=1S/C10H20FN/c1-12-8-4-6-9-5-2-3-7-10(9)11/h9-10,12H,2-8H2,1H3.